The quantitative estimate of drug-likeness (QED) is 0.615. The molecule has 1 aromatic heterocycles. The zero-order valence-electron chi connectivity index (χ0n) is 15.8. The van der Waals surface area contributed by atoms with E-state index < -0.39 is 0 Å². The number of hydrogen-bond acceptors (Lipinski definition) is 5. The number of nitrogens with zero attached hydrogens (tertiary/aromatic N) is 4. The molecule has 1 fully saturated rings. The number of hydrogen-bond donors (Lipinski definition) is 1. The Bertz CT molecular complexity index is 729. The van der Waals surface area contributed by atoms with Crippen molar-refractivity contribution in [1.82, 2.24) is 20.3 Å². The number of rotatable bonds is 6. The van der Waals surface area contributed by atoms with Crippen LogP contribution in [0, 0.1) is 5.82 Å². The average Bonchev–Trinajstić information content (AvgIpc) is 3.16. The van der Waals surface area contributed by atoms with Crippen LogP contribution in [0.25, 0.3) is 0 Å². The van der Waals surface area contributed by atoms with E-state index in [0.717, 1.165) is 44.4 Å². The van der Waals surface area contributed by atoms with E-state index in [0.29, 0.717) is 12.3 Å². The van der Waals surface area contributed by atoms with Gasteiger partial charge in [0, 0.05) is 51.9 Å². The van der Waals surface area contributed by atoms with Crippen LogP contribution in [0.2, 0.25) is 0 Å². The highest BCUT2D eigenvalue weighted by Crippen LogP contribution is 2.13. The smallest absolute Gasteiger partial charge is 0.193 e. The van der Waals surface area contributed by atoms with Crippen LogP contribution in [0.1, 0.15) is 12.6 Å². The van der Waals surface area contributed by atoms with Gasteiger partial charge in [-0.25, -0.2) is 4.39 Å². The third-order valence-electron chi connectivity index (χ3n) is 4.44. The van der Waals surface area contributed by atoms with Gasteiger partial charge in [-0.15, -0.1) is 0 Å². The average molecular weight is 375 g/mol. The molecule has 0 spiro atoms. The highest BCUT2D eigenvalue weighted by atomic mass is 19.1. The lowest BCUT2D eigenvalue weighted by Crippen LogP contribution is -2.53. The molecule has 0 aliphatic carbocycles. The van der Waals surface area contributed by atoms with Crippen molar-refractivity contribution in [2.24, 2.45) is 4.99 Å². The van der Waals surface area contributed by atoms with Gasteiger partial charge in [-0.3, -0.25) is 9.89 Å². The van der Waals surface area contributed by atoms with Gasteiger partial charge in [0.1, 0.15) is 23.9 Å². The van der Waals surface area contributed by atoms with Gasteiger partial charge in [0.05, 0.1) is 12.2 Å². The van der Waals surface area contributed by atoms with Gasteiger partial charge in [-0.05, 0) is 19.1 Å². The van der Waals surface area contributed by atoms with E-state index in [2.05, 4.69) is 25.3 Å². The topological polar surface area (TPSA) is 66.1 Å². The molecule has 0 radical (unpaired) electrons. The fraction of sp³-hybridized carbons (Fsp3) is 0.474. The van der Waals surface area contributed by atoms with Crippen molar-refractivity contribution >= 4 is 5.96 Å². The second kappa shape index (κ2) is 9.36. The van der Waals surface area contributed by atoms with Crippen molar-refractivity contribution in [2.75, 3.05) is 39.8 Å². The molecular formula is C19H26FN5O2. The van der Waals surface area contributed by atoms with Crippen molar-refractivity contribution in [1.29, 1.82) is 0 Å². The zero-order chi connectivity index (χ0) is 19.1. The molecule has 7 nitrogen and oxygen atoms in total. The summed E-state index contributed by atoms with van der Waals surface area (Å²) in [7, 11) is 1.78. The van der Waals surface area contributed by atoms with Crippen LogP contribution in [-0.2, 0) is 6.54 Å². The van der Waals surface area contributed by atoms with E-state index in [4.69, 9.17) is 9.26 Å². The summed E-state index contributed by atoms with van der Waals surface area (Å²) in [6, 6.07) is 8.08. The largest absolute Gasteiger partial charge is 0.489 e. The number of aromatic nitrogens is 1. The van der Waals surface area contributed by atoms with E-state index in [-0.39, 0.29) is 11.9 Å². The maximum Gasteiger partial charge on any atom is 0.193 e. The molecule has 1 aliphatic heterocycles. The summed E-state index contributed by atoms with van der Waals surface area (Å²) in [6.07, 6.45) is 1.49. The number of aliphatic imine (C=N–C) groups is 1. The van der Waals surface area contributed by atoms with Gasteiger partial charge in [-0.2, -0.15) is 0 Å². The fourth-order valence-electron chi connectivity index (χ4n) is 3.05. The second-order valence-corrected chi connectivity index (χ2v) is 6.57. The summed E-state index contributed by atoms with van der Waals surface area (Å²) >= 11 is 0. The highest BCUT2D eigenvalue weighted by molar-refractivity contribution is 5.80. The Balaban J connectivity index is 1.42. The lowest BCUT2D eigenvalue weighted by atomic mass is 10.3. The highest BCUT2D eigenvalue weighted by Gasteiger charge is 2.20. The van der Waals surface area contributed by atoms with E-state index in [1.807, 2.05) is 13.0 Å². The Hall–Kier alpha value is -2.61. The van der Waals surface area contributed by atoms with Gasteiger partial charge in [0.2, 0.25) is 0 Å². The van der Waals surface area contributed by atoms with Gasteiger partial charge in [0.25, 0.3) is 0 Å². The van der Waals surface area contributed by atoms with Crippen molar-refractivity contribution in [3.8, 4) is 5.75 Å². The van der Waals surface area contributed by atoms with Crippen molar-refractivity contribution in [2.45, 2.75) is 19.6 Å². The number of benzene rings is 1. The molecule has 0 amide bonds. The Labute approximate surface area is 158 Å². The molecule has 1 unspecified atom stereocenters. The minimum absolute atomic E-state index is 0.114. The summed E-state index contributed by atoms with van der Waals surface area (Å²) in [5, 5.41) is 7.31. The first-order valence-electron chi connectivity index (χ1n) is 9.13. The summed E-state index contributed by atoms with van der Waals surface area (Å²) in [6.45, 7) is 6.97. The molecule has 1 saturated heterocycles. The monoisotopic (exact) mass is 375 g/mol. The Morgan fingerprint density at radius 2 is 2.15 bits per heavy atom. The van der Waals surface area contributed by atoms with Crippen LogP contribution in [0.5, 0.6) is 5.75 Å². The Morgan fingerprint density at radius 1 is 1.33 bits per heavy atom. The summed E-state index contributed by atoms with van der Waals surface area (Å²) < 4.78 is 23.9. The number of ether oxygens (including phenoxy) is 1. The molecule has 27 heavy (non-hydrogen) atoms. The molecule has 8 heteroatoms. The lowest BCUT2D eigenvalue weighted by Gasteiger charge is -2.36. The van der Waals surface area contributed by atoms with Crippen LogP contribution in [0.15, 0.2) is 46.1 Å². The van der Waals surface area contributed by atoms with Gasteiger partial charge in [0.15, 0.2) is 5.96 Å². The number of piperazine rings is 1. The van der Waals surface area contributed by atoms with E-state index in [9.17, 15) is 4.39 Å². The van der Waals surface area contributed by atoms with E-state index in [1.165, 1.54) is 12.1 Å². The number of guanidine groups is 1. The molecule has 1 atom stereocenters. The first kappa shape index (κ1) is 19.2. The Kier molecular flexibility index (Phi) is 6.64. The summed E-state index contributed by atoms with van der Waals surface area (Å²) in [5.41, 5.74) is 0.953. The number of nitrogens with one attached hydrogen (secondary N) is 1. The maximum atomic E-state index is 13.2. The molecule has 2 aromatic rings. The predicted molar refractivity (Wildman–Crippen MR) is 101 cm³/mol. The third kappa shape index (κ3) is 5.68. The number of halogens is 1. The molecule has 146 valence electrons. The second-order valence-electron chi connectivity index (χ2n) is 6.57. The van der Waals surface area contributed by atoms with E-state index >= 15 is 0 Å². The van der Waals surface area contributed by atoms with Gasteiger partial charge >= 0.3 is 0 Å². The van der Waals surface area contributed by atoms with Gasteiger partial charge < -0.3 is 19.5 Å². The van der Waals surface area contributed by atoms with Crippen LogP contribution < -0.4 is 10.1 Å². The molecule has 1 aliphatic rings. The van der Waals surface area contributed by atoms with Crippen molar-refractivity contribution in [3.63, 3.8) is 0 Å². The van der Waals surface area contributed by atoms with Crippen LogP contribution >= 0.6 is 0 Å². The predicted octanol–water partition coefficient (Wildman–Crippen LogP) is 1.97. The first-order chi connectivity index (χ1) is 13.1. The molecule has 1 N–H and O–H groups in total. The van der Waals surface area contributed by atoms with Gasteiger partial charge in [-0.1, -0.05) is 11.2 Å². The summed E-state index contributed by atoms with van der Waals surface area (Å²) in [5.74, 6) is 1.08. The zero-order valence-corrected chi connectivity index (χ0v) is 15.8. The van der Waals surface area contributed by atoms with E-state index in [1.54, 1.807) is 25.4 Å². The molecule has 0 saturated carbocycles. The standard InChI is InChI=1S/C19H26FN5O2/c1-15(27-18-5-3-4-16(20)12-18)13-22-19(21-2)25-9-7-24(8-10-25)14-17-6-11-26-23-17/h3-6,11-12,15H,7-10,13-14H2,1-2H3,(H,21,22). The van der Waals surface area contributed by atoms with Crippen molar-refractivity contribution < 1.29 is 13.7 Å². The fourth-order valence-corrected chi connectivity index (χ4v) is 3.05. The third-order valence-corrected chi connectivity index (χ3v) is 4.44. The van der Waals surface area contributed by atoms with Crippen LogP contribution in [-0.4, -0.2) is 66.8 Å². The first-order valence-corrected chi connectivity index (χ1v) is 9.13. The SMILES string of the molecule is CN=C(NCC(C)Oc1cccc(F)c1)N1CCN(Cc2ccon2)CC1. The molecule has 0 bridgehead atoms. The lowest BCUT2D eigenvalue weighted by molar-refractivity contribution is 0.167. The van der Waals surface area contributed by atoms with Crippen LogP contribution in [0.4, 0.5) is 4.39 Å². The van der Waals surface area contributed by atoms with Crippen LogP contribution in [0.3, 0.4) is 0 Å². The molecule has 3 rings (SSSR count). The maximum absolute atomic E-state index is 13.2. The summed E-state index contributed by atoms with van der Waals surface area (Å²) in [4.78, 5) is 8.95. The van der Waals surface area contributed by atoms with Crippen molar-refractivity contribution in [3.05, 3.63) is 48.1 Å². The molecule has 2 heterocycles. The molecule has 1 aromatic carbocycles. The Morgan fingerprint density at radius 3 is 2.81 bits per heavy atom. The minimum Gasteiger partial charge on any atom is -0.489 e. The normalized spacial score (nSPS) is 17.0. The minimum atomic E-state index is -0.299. The molecular weight excluding hydrogens is 349 g/mol.